The second-order valence-corrected chi connectivity index (χ2v) is 13.7. The molecule has 6 heterocycles. The Balaban J connectivity index is 1.07. The molecule has 256 valence electrons. The van der Waals surface area contributed by atoms with E-state index in [4.69, 9.17) is 18.5 Å². The first kappa shape index (κ1) is 34.8. The number of fused-ring (bicyclic) bond motifs is 2. The van der Waals surface area contributed by atoms with Crippen molar-refractivity contribution in [3.63, 3.8) is 0 Å². The Morgan fingerprint density at radius 3 is 1.56 bits per heavy atom. The molecule has 0 aromatic carbocycles. The first-order valence-corrected chi connectivity index (χ1v) is 18.8. The minimum atomic E-state index is -2.43. The van der Waals surface area contributed by atoms with Crippen LogP contribution >= 0.6 is 39.0 Å². The summed E-state index contributed by atoms with van der Waals surface area (Å²) in [6, 6.07) is 0. The van der Waals surface area contributed by atoms with Crippen LogP contribution in [0.3, 0.4) is 0 Å². The van der Waals surface area contributed by atoms with Crippen LogP contribution in [0.1, 0.15) is 12.5 Å². The van der Waals surface area contributed by atoms with Gasteiger partial charge in [-0.25, -0.2) is 38.7 Å². The molecule has 18 nitrogen and oxygen atoms in total. The van der Waals surface area contributed by atoms with Crippen LogP contribution in [0, 0.1) is 0 Å². The van der Waals surface area contributed by atoms with E-state index in [0.717, 1.165) is 0 Å². The number of thiol groups is 2. The molecule has 0 bridgehead atoms. The molecule has 2 fully saturated rings. The summed E-state index contributed by atoms with van der Waals surface area (Å²) in [5.74, 6) is 0.741. The molecular formula is C24H28F2N10O8P2S2+2. The fourth-order valence-electron chi connectivity index (χ4n) is 5.40. The Labute approximate surface area is 281 Å². The van der Waals surface area contributed by atoms with Crippen molar-refractivity contribution in [3.05, 3.63) is 37.5 Å². The Kier molecular flexibility index (Phi) is 11.1. The summed E-state index contributed by atoms with van der Waals surface area (Å²) in [7, 11) is -4.87. The number of aliphatic hydroxyl groups is 2. The van der Waals surface area contributed by atoms with Gasteiger partial charge in [-0.3, -0.25) is 9.13 Å². The van der Waals surface area contributed by atoms with Crippen molar-refractivity contribution >= 4 is 72.9 Å². The minimum Gasteiger partial charge on any atom is -0.394 e. The SMILES string of the molecule is O=[P+](S)O[C@@H]1C(CO)OC(n2cnc3c(NC/C=C/CNc4ncnc5c4ncn5C4OC(CO)[C@@H](O[P+](=O)S)[C@H]4F)ncnc32)C1F. The Hall–Kier alpha value is -3.04. The van der Waals surface area contributed by atoms with Crippen molar-refractivity contribution in [2.75, 3.05) is 36.9 Å². The molecule has 0 radical (unpaired) electrons. The van der Waals surface area contributed by atoms with E-state index in [1.807, 2.05) is 0 Å². The van der Waals surface area contributed by atoms with Gasteiger partial charge in [0.25, 0.3) is 0 Å². The fraction of sp³-hybridized carbons (Fsp3) is 0.500. The summed E-state index contributed by atoms with van der Waals surface area (Å²) in [5.41, 5.74) is 1.21. The largest absolute Gasteiger partial charge is 0.582 e. The summed E-state index contributed by atoms with van der Waals surface area (Å²) in [6.07, 6.45) is -1.96. The van der Waals surface area contributed by atoms with E-state index in [0.29, 0.717) is 35.8 Å². The number of ether oxygens (including phenoxy) is 2. The third kappa shape index (κ3) is 7.00. The van der Waals surface area contributed by atoms with Crippen LogP contribution in [0.2, 0.25) is 0 Å². The summed E-state index contributed by atoms with van der Waals surface area (Å²) < 4.78 is 77.4. The van der Waals surface area contributed by atoms with Crippen molar-refractivity contribution in [2.45, 2.75) is 49.2 Å². The van der Waals surface area contributed by atoms with Crippen LogP contribution < -0.4 is 10.6 Å². The molecule has 0 aliphatic carbocycles. The second kappa shape index (κ2) is 15.2. The first-order valence-electron chi connectivity index (χ1n) is 14.2. The third-order valence-electron chi connectivity index (χ3n) is 7.52. The number of rotatable bonds is 14. The molecular weight excluding hydrogens is 720 g/mol. The predicted molar refractivity (Wildman–Crippen MR) is 171 cm³/mol. The molecule has 7 unspecified atom stereocenters. The average Bonchev–Trinajstić information content (AvgIpc) is 3.83. The van der Waals surface area contributed by atoms with Gasteiger partial charge in [-0.05, 0) is 9.13 Å². The predicted octanol–water partition coefficient (Wildman–Crippen LogP) is 2.45. The lowest BCUT2D eigenvalue weighted by Gasteiger charge is -2.15. The normalized spacial score (nSPS) is 28.1. The highest BCUT2D eigenvalue weighted by Crippen LogP contribution is 2.42. The molecule has 4 aromatic rings. The molecule has 10 atom stereocenters. The number of imidazole rings is 2. The zero-order valence-electron chi connectivity index (χ0n) is 24.4. The number of alkyl halides is 2. The maximum absolute atomic E-state index is 15.2. The fourth-order valence-corrected chi connectivity index (χ4v) is 6.98. The highest BCUT2D eigenvalue weighted by Gasteiger charge is 2.52. The topological polar surface area (TPSA) is 223 Å². The van der Waals surface area contributed by atoms with Crippen molar-refractivity contribution in [3.8, 4) is 0 Å². The van der Waals surface area contributed by atoms with Gasteiger partial charge in [0.2, 0.25) is 0 Å². The minimum absolute atomic E-state index is 0.264. The lowest BCUT2D eigenvalue weighted by molar-refractivity contribution is -0.0427. The van der Waals surface area contributed by atoms with E-state index in [-0.39, 0.29) is 11.3 Å². The smallest absolute Gasteiger partial charge is 0.394 e. The maximum atomic E-state index is 15.2. The quantitative estimate of drug-likeness (QED) is 0.0619. The Morgan fingerprint density at radius 1 is 0.771 bits per heavy atom. The van der Waals surface area contributed by atoms with Crippen LogP contribution in [-0.4, -0.2) is 112 Å². The second-order valence-electron chi connectivity index (χ2n) is 10.3. The maximum Gasteiger partial charge on any atom is 0.582 e. The van der Waals surface area contributed by atoms with Gasteiger partial charge in [-0.15, -0.1) is 9.05 Å². The molecule has 2 saturated heterocycles. The number of nitrogens with zero attached hydrogens (tertiary/aromatic N) is 8. The molecule has 0 saturated carbocycles. The number of hydrogen-bond acceptors (Lipinski definition) is 16. The molecule has 4 aromatic heterocycles. The third-order valence-corrected chi connectivity index (χ3v) is 8.94. The highest BCUT2D eigenvalue weighted by atomic mass is 32.7. The molecule has 0 spiro atoms. The molecule has 6 rings (SSSR count). The number of aromatic nitrogens is 8. The van der Waals surface area contributed by atoms with Crippen molar-refractivity contribution in [2.24, 2.45) is 0 Å². The Morgan fingerprint density at radius 2 is 1.19 bits per heavy atom. The summed E-state index contributed by atoms with van der Waals surface area (Å²) >= 11 is 7.35. The Bertz CT molecular complexity index is 1700. The number of nitrogens with one attached hydrogen (secondary N) is 2. The van der Waals surface area contributed by atoms with E-state index in [2.05, 4.69) is 65.0 Å². The lowest BCUT2D eigenvalue weighted by atomic mass is 10.1. The monoisotopic (exact) mass is 748 g/mol. The van der Waals surface area contributed by atoms with E-state index in [9.17, 15) is 19.3 Å². The van der Waals surface area contributed by atoms with Crippen LogP contribution in [0.15, 0.2) is 37.5 Å². The van der Waals surface area contributed by atoms with Crippen LogP contribution in [0.5, 0.6) is 0 Å². The van der Waals surface area contributed by atoms with Gasteiger partial charge in [0.1, 0.15) is 49.4 Å². The summed E-state index contributed by atoms with van der Waals surface area (Å²) in [4.78, 5) is 25.5. The summed E-state index contributed by atoms with van der Waals surface area (Å²) in [5, 5.41) is 25.4. The number of anilines is 2. The van der Waals surface area contributed by atoms with Crippen LogP contribution in [0.25, 0.3) is 22.3 Å². The highest BCUT2D eigenvalue weighted by molar-refractivity contribution is 8.39. The van der Waals surface area contributed by atoms with Crippen molar-refractivity contribution in [1.29, 1.82) is 0 Å². The van der Waals surface area contributed by atoms with Gasteiger partial charge in [0, 0.05) is 13.1 Å². The average molecular weight is 749 g/mol. The number of halogens is 2. The molecule has 4 N–H and O–H groups in total. The standard InChI is InChI=1S/C24H26F2N10O8P2S2/c25-13-17(43-45(39)47)11(5-37)41-23(13)35-9-33-15-19(29-7-31-21(15)35)27-3-1-2-4-28-20-16-22(32-8-30-20)36(10-34-16)24-14(26)18(44-46(40)48)12(6-38)42-24/h1-2,7-14,17-18,23-24,37-38H,3-6H2,(H2-2,27,28,29,30,31,32,39,40,47,48)/p+2/b2-1+/t11?,12?,13-,14?,17-,18-,23?,24?/m1/s1. The van der Waals surface area contributed by atoms with Crippen molar-refractivity contribution in [1.82, 2.24) is 39.0 Å². The van der Waals surface area contributed by atoms with E-state index in [1.165, 1.54) is 34.4 Å². The lowest BCUT2D eigenvalue weighted by Crippen LogP contribution is -2.31. The van der Waals surface area contributed by atoms with Gasteiger partial charge in [-0.1, -0.05) is 12.2 Å². The molecule has 0 amide bonds. The van der Waals surface area contributed by atoms with Gasteiger partial charge in [0.05, 0.1) is 25.9 Å². The zero-order valence-corrected chi connectivity index (χ0v) is 28.0. The molecule has 48 heavy (non-hydrogen) atoms. The van der Waals surface area contributed by atoms with E-state index >= 15 is 8.78 Å². The van der Waals surface area contributed by atoms with Crippen LogP contribution in [0.4, 0.5) is 20.4 Å². The van der Waals surface area contributed by atoms with Crippen molar-refractivity contribution < 1.29 is 46.6 Å². The van der Waals surface area contributed by atoms with Gasteiger partial charge < -0.3 is 30.3 Å². The van der Waals surface area contributed by atoms with Gasteiger partial charge >= 0.3 is 14.5 Å². The molecule has 24 heteroatoms. The molecule has 2 aliphatic heterocycles. The van der Waals surface area contributed by atoms with Gasteiger partial charge in [0.15, 0.2) is 71.0 Å². The summed E-state index contributed by atoms with van der Waals surface area (Å²) in [6.45, 7) is -0.472. The zero-order chi connectivity index (χ0) is 33.9. The first-order chi connectivity index (χ1) is 23.2. The van der Waals surface area contributed by atoms with E-state index in [1.54, 1.807) is 12.2 Å². The number of aliphatic hydroxyl groups excluding tert-OH is 2. The van der Waals surface area contributed by atoms with Crippen LogP contribution in [-0.2, 0) is 27.7 Å². The van der Waals surface area contributed by atoms with E-state index < -0.39 is 76.9 Å². The van der Waals surface area contributed by atoms with Gasteiger partial charge in [-0.2, -0.15) is 0 Å². The number of hydrogen-bond donors (Lipinski definition) is 6. The molecule has 2 aliphatic rings.